The van der Waals surface area contributed by atoms with E-state index in [1.54, 1.807) is 0 Å². The summed E-state index contributed by atoms with van der Waals surface area (Å²) in [5.74, 6) is 0. The fraction of sp³-hybridized carbons (Fsp3) is 0.889. The molecule has 1 heterocycles. The third-order valence-corrected chi connectivity index (χ3v) is 2.46. The van der Waals surface area contributed by atoms with Crippen molar-refractivity contribution in [3.05, 3.63) is 0 Å². The van der Waals surface area contributed by atoms with E-state index in [0.29, 0.717) is 12.6 Å². The number of nitriles is 1. The lowest BCUT2D eigenvalue weighted by molar-refractivity contribution is 0.223. The van der Waals surface area contributed by atoms with E-state index in [0.717, 1.165) is 19.6 Å². The highest BCUT2D eigenvalue weighted by Crippen LogP contribution is 2.06. The van der Waals surface area contributed by atoms with E-state index in [9.17, 15) is 0 Å². The molecule has 0 N–H and O–H groups in total. The zero-order valence-electron chi connectivity index (χ0n) is 7.95. The summed E-state index contributed by atoms with van der Waals surface area (Å²) in [6, 6.07) is 2.74. The molecule has 1 fully saturated rings. The standard InChI is InChI=1S/C9H17N3/c1-9-8-11(2)5-3-6-12(9)7-4-10/h9H,3,5-8H2,1-2H3. The van der Waals surface area contributed by atoms with Crippen molar-refractivity contribution in [2.45, 2.75) is 19.4 Å². The summed E-state index contributed by atoms with van der Waals surface area (Å²) in [7, 11) is 2.15. The topological polar surface area (TPSA) is 30.3 Å². The molecule has 0 aromatic rings. The van der Waals surface area contributed by atoms with Crippen molar-refractivity contribution in [3.8, 4) is 6.07 Å². The van der Waals surface area contributed by atoms with Gasteiger partial charge >= 0.3 is 0 Å². The van der Waals surface area contributed by atoms with Crippen LogP contribution < -0.4 is 0 Å². The summed E-state index contributed by atoms with van der Waals surface area (Å²) in [6.07, 6.45) is 1.18. The maximum atomic E-state index is 8.59. The average molecular weight is 167 g/mol. The van der Waals surface area contributed by atoms with E-state index in [1.165, 1.54) is 6.42 Å². The highest BCUT2D eigenvalue weighted by molar-refractivity contribution is 4.83. The van der Waals surface area contributed by atoms with Gasteiger partial charge in [0.1, 0.15) is 0 Å². The van der Waals surface area contributed by atoms with Crippen LogP contribution in [0, 0.1) is 11.3 Å². The Balaban J connectivity index is 2.47. The molecule has 68 valence electrons. The van der Waals surface area contributed by atoms with Crippen molar-refractivity contribution in [2.24, 2.45) is 0 Å². The maximum absolute atomic E-state index is 8.59. The van der Waals surface area contributed by atoms with E-state index in [2.05, 4.69) is 29.8 Å². The van der Waals surface area contributed by atoms with Crippen LogP contribution in [0.1, 0.15) is 13.3 Å². The maximum Gasteiger partial charge on any atom is 0.0868 e. The van der Waals surface area contributed by atoms with Crippen LogP contribution in [0.3, 0.4) is 0 Å². The first kappa shape index (κ1) is 9.50. The van der Waals surface area contributed by atoms with Crippen molar-refractivity contribution in [1.82, 2.24) is 9.80 Å². The summed E-state index contributed by atoms with van der Waals surface area (Å²) in [5, 5.41) is 8.59. The molecule has 1 aliphatic rings. The second kappa shape index (κ2) is 4.44. The molecule has 1 saturated heterocycles. The monoisotopic (exact) mass is 167 g/mol. The lowest BCUT2D eigenvalue weighted by Gasteiger charge is -2.24. The molecule has 0 aromatic carbocycles. The average Bonchev–Trinajstić information content (AvgIpc) is 2.15. The second-order valence-electron chi connectivity index (χ2n) is 3.59. The van der Waals surface area contributed by atoms with Crippen LogP contribution in [0.2, 0.25) is 0 Å². The second-order valence-corrected chi connectivity index (χ2v) is 3.59. The third-order valence-electron chi connectivity index (χ3n) is 2.46. The van der Waals surface area contributed by atoms with Gasteiger partial charge in [0.05, 0.1) is 12.6 Å². The van der Waals surface area contributed by atoms with Gasteiger partial charge in [-0.15, -0.1) is 0 Å². The minimum Gasteiger partial charge on any atom is -0.305 e. The summed E-state index contributed by atoms with van der Waals surface area (Å²) in [6.45, 7) is 6.08. The van der Waals surface area contributed by atoms with Gasteiger partial charge in [-0.25, -0.2) is 0 Å². The molecule has 0 radical (unpaired) electrons. The summed E-state index contributed by atoms with van der Waals surface area (Å²) >= 11 is 0. The molecule has 3 nitrogen and oxygen atoms in total. The van der Waals surface area contributed by atoms with Crippen LogP contribution in [0.25, 0.3) is 0 Å². The molecular formula is C9H17N3. The zero-order valence-corrected chi connectivity index (χ0v) is 7.95. The fourth-order valence-electron chi connectivity index (χ4n) is 1.75. The minimum absolute atomic E-state index is 0.525. The number of hydrogen-bond donors (Lipinski definition) is 0. The Morgan fingerprint density at radius 3 is 2.92 bits per heavy atom. The van der Waals surface area contributed by atoms with Crippen LogP contribution in [-0.2, 0) is 0 Å². The van der Waals surface area contributed by atoms with Gasteiger partial charge in [-0.1, -0.05) is 0 Å². The third kappa shape index (κ3) is 2.47. The van der Waals surface area contributed by atoms with Gasteiger partial charge in [-0.05, 0) is 26.9 Å². The molecule has 0 bridgehead atoms. The Bertz CT molecular complexity index is 173. The van der Waals surface area contributed by atoms with Gasteiger partial charge in [0.25, 0.3) is 0 Å². The van der Waals surface area contributed by atoms with Crippen LogP contribution in [-0.4, -0.2) is 49.1 Å². The van der Waals surface area contributed by atoms with Crippen molar-refractivity contribution in [1.29, 1.82) is 5.26 Å². The summed E-state index contributed by atoms with van der Waals surface area (Å²) < 4.78 is 0. The Hall–Kier alpha value is -0.590. The molecule has 1 unspecified atom stereocenters. The van der Waals surface area contributed by atoms with Crippen LogP contribution in [0.15, 0.2) is 0 Å². The molecule has 12 heavy (non-hydrogen) atoms. The molecule has 0 saturated carbocycles. The fourth-order valence-corrected chi connectivity index (χ4v) is 1.75. The van der Waals surface area contributed by atoms with Gasteiger partial charge in [0.2, 0.25) is 0 Å². The quantitative estimate of drug-likeness (QED) is 0.534. The van der Waals surface area contributed by atoms with E-state index in [4.69, 9.17) is 5.26 Å². The first-order chi connectivity index (χ1) is 5.74. The molecule has 1 rings (SSSR count). The number of likely N-dealkylation sites (N-methyl/N-ethyl adjacent to an activating group) is 1. The number of hydrogen-bond acceptors (Lipinski definition) is 3. The SMILES string of the molecule is CC1CN(C)CCCN1CC#N. The van der Waals surface area contributed by atoms with Crippen molar-refractivity contribution < 1.29 is 0 Å². The molecule has 3 heteroatoms. The predicted octanol–water partition coefficient (Wildman–Crippen LogP) is 0.536. The smallest absolute Gasteiger partial charge is 0.0868 e. The van der Waals surface area contributed by atoms with Gasteiger partial charge < -0.3 is 4.90 Å². The first-order valence-electron chi connectivity index (χ1n) is 4.53. The molecular weight excluding hydrogens is 150 g/mol. The molecule has 1 aliphatic heterocycles. The Kier molecular flexibility index (Phi) is 3.51. The van der Waals surface area contributed by atoms with Gasteiger partial charge in [0, 0.05) is 19.1 Å². The Labute approximate surface area is 74.6 Å². The Morgan fingerprint density at radius 1 is 1.50 bits per heavy atom. The predicted molar refractivity (Wildman–Crippen MR) is 48.8 cm³/mol. The van der Waals surface area contributed by atoms with Crippen LogP contribution >= 0.6 is 0 Å². The van der Waals surface area contributed by atoms with Crippen LogP contribution in [0.4, 0.5) is 0 Å². The molecule has 0 aliphatic carbocycles. The van der Waals surface area contributed by atoms with Crippen molar-refractivity contribution >= 4 is 0 Å². The minimum atomic E-state index is 0.525. The van der Waals surface area contributed by atoms with Gasteiger partial charge in [-0.2, -0.15) is 5.26 Å². The normalized spacial score (nSPS) is 27.9. The van der Waals surface area contributed by atoms with Crippen LogP contribution in [0.5, 0.6) is 0 Å². The van der Waals surface area contributed by atoms with E-state index < -0.39 is 0 Å². The molecule has 0 amide bonds. The Morgan fingerprint density at radius 2 is 2.25 bits per heavy atom. The molecule has 0 aromatic heterocycles. The summed E-state index contributed by atoms with van der Waals surface area (Å²) in [4.78, 5) is 4.59. The van der Waals surface area contributed by atoms with Crippen molar-refractivity contribution in [3.63, 3.8) is 0 Å². The number of rotatable bonds is 1. The highest BCUT2D eigenvalue weighted by atomic mass is 15.2. The largest absolute Gasteiger partial charge is 0.305 e. The van der Waals surface area contributed by atoms with E-state index in [1.807, 2.05) is 0 Å². The van der Waals surface area contributed by atoms with Gasteiger partial charge in [-0.3, -0.25) is 4.90 Å². The zero-order chi connectivity index (χ0) is 8.97. The summed E-state index contributed by atoms with van der Waals surface area (Å²) in [5.41, 5.74) is 0. The van der Waals surface area contributed by atoms with E-state index >= 15 is 0 Å². The molecule has 1 atom stereocenters. The van der Waals surface area contributed by atoms with Gasteiger partial charge in [0.15, 0.2) is 0 Å². The lowest BCUT2D eigenvalue weighted by Crippen LogP contribution is -2.37. The van der Waals surface area contributed by atoms with Crippen molar-refractivity contribution in [2.75, 3.05) is 33.2 Å². The van der Waals surface area contributed by atoms with E-state index in [-0.39, 0.29) is 0 Å². The first-order valence-corrected chi connectivity index (χ1v) is 4.53. The lowest BCUT2D eigenvalue weighted by atomic mass is 10.3. The molecule has 0 spiro atoms. The number of nitrogens with zero attached hydrogens (tertiary/aromatic N) is 3. The highest BCUT2D eigenvalue weighted by Gasteiger charge is 2.18.